The van der Waals surface area contributed by atoms with Gasteiger partial charge < -0.3 is 5.11 Å². The second-order valence-electron chi connectivity index (χ2n) is 4.55. The van der Waals surface area contributed by atoms with Crippen molar-refractivity contribution in [3.05, 3.63) is 0 Å². The molecule has 14 heavy (non-hydrogen) atoms. The molecule has 1 saturated carbocycles. The standard InChI is InChI=1S/C12H22O2/c1-2-3-5-10-6-4-7-11(9-8-10)12(13)14/h10-11H,2-9H2,1H3,(H,13,14). The molecule has 0 heterocycles. The minimum atomic E-state index is -0.582. The zero-order chi connectivity index (χ0) is 10.4. The average molecular weight is 198 g/mol. The first-order valence-electron chi connectivity index (χ1n) is 5.96. The Balaban J connectivity index is 2.29. The van der Waals surface area contributed by atoms with Crippen LogP contribution in [0.4, 0.5) is 0 Å². The van der Waals surface area contributed by atoms with Gasteiger partial charge in [-0.2, -0.15) is 0 Å². The van der Waals surface area contributed by atoms with Crippen molar-refractivity contribution in [2.24, 2.45) is 11.8 Å². The van der Waals surface area contributed by atoms with E-state index in [0.29, 0.717) is 0 Å². The molecule has 1 fully saturated rings. The lowest BCUT2D eigenvalue weighted by molar-refractivity contribution is -0.142. The summed E-state index contributed by atoms with van der Waals surface area (Å²) >= 11 is 0. The van der Waals surface area contributed by atoms with E-state index in [1.165, 1.54) is 25.7 Å². The van der Waals surface area contributed by atoms with Crippen LogP contribution in [0.15, 0.2) is 0 Å². The minimum Gasteiger partial charge on any atom is -0.481 e. The Morgan fingerprint density at radius 2 is 2.07 bits per heavy atom. The van der Waals surface area contributed by atoms with E-state index in [-0.39, 0.29) is 5.92 Å². The van der Waals surface area contributed by atoms with Crippen LogP contribution in [0.2, 0.25) is 0 Å². The van der Waals surface area contributed by atoms with Gasteiger partial charge in [0.1, 0.15) is 0 Å². The monoisotopic (exact) mass is 198 g/mol. The summed E-state index contributed by atoms with van der Waals surface area (Å²) in [4.78, 5) is 10.8. The maximum absolute atomic E-state index is 10.8. The minimum absolute atomic E-state index is 0.0540. The predicted molar refractivity (Wildman–Crippen MR) is 57.2 cm³/mol. The number of hydrogen-bond donors (Lipinski definition) is 1. The van der Waals surface area contributed by atoms with Gasteiger partial charge in [0.2, 0.25) is 0 Å². The van der Waals surface area contributed by atoms with Crippen LogP contribution in [0.25, 0.3) is 0 Å². The normalized spacial score (nSPS) is 28.4. The maximum atomic E-state index is 10.8. The number of aliphatic carboxylic acids is 1. The van der Waals surface area contributed by atoms with Crippen molar-refractivity contribution in [2.45, 2.75) is 58.3 Å². The first kappa shape index (κ1) is 11.5. The van der Waals surface area contributed by atoms with E-state index >= 15 is 0 Å². The number of unbranched alkanes of at least 4 members (excludes halogenated alkanes) is 1. The van der Waals surface area contributed by atoms with Crippen LogP contribution in [0.3, 0.4) is 0 Å². The van der Waals surface area contributed by atoms with Crippen LogP contribution < -0.4 is 0 Å². The predicted octanol–water partition coefficient (Wildman–Crippen LogP) is 3.46. The lowest BCUT2D eigenvalue weighted by Gasteiger charge is -2.12. The zero-order valence-electron chi connectivity index (χ0n) is 9.17. The molecule has 1 aliphatic carbocycles. The molecule has 82 valence electrons. The molecular weight excluding hydrogens is 176 g/mol. The molecule has 2 nitrogen and oxygen atoms in total. The number of carbonyl (C=O) groups is 1. The Kier molecular flexibility index (Phi) is 4.99. The SMILES string of the molecule is CCCCC1CCCC(C(=O)O)CC1. The molecule has 2 atom stereocenters. The van der Waals surface area contributed by atoms with Crippen molar-refractivity contribution in [3.8, 4) is 0 Å². The second-order valence-corrected chi connectivity index (χ2v) is 4.55. The average Bonchev–Trinajstić information content (AvgIpc) is 2.39. The number of carboxylic acid groups (broad SMARTS) is 1. The summed E-state index contributed by atoms with van der Waals surface area (Å²) in [5.41, 5.74) is 0. The van der Waals surface area contributed by atoms with Gasteiger partial charge in [-0.3, -0.25) is 4.79 Å². The highest BCUT2D eigenvalue weighted by Gasteiger charge is 2.22. The van der Waals surface area contributed by atoms with Gasteiger partial charge in [-0.25, -0.2) is 0 Å². The third-order valence-corrected chi connectivity index (χ3v) is 3.40. The molecule has 0 aromatic carbocycles. The quantitative estimate of drug-likeness (QED) is 0.702. The molecule has 2 unspecified atom stereocenters. The van der Waals surface area contributed by atoms with E-state index in [1.54, 1.807) is 0 Å². The highest BCUT2D eigenvalue weighted by molar-refractivity contribution is 5.69. The van der Waals surface area contributed by atoms with E-state index < -0.39 is 5.97 Å². The van der Waals surface area contributed by atoms with Crippen molar-refractivity contribution < 1.29 is 9.90 Å². The Bertz CT molecular complexity index is 177. The van der Waals surface area contributed by atoms with E-state index in [9.17, 15) is 4.79 Å². The van der Waals surface area contributed by atoms with E-state index in [1.807, 2.05) is 0 Å². The summed E-state index contributed by atoms with van der Waals surface area (Å²) in [5, 5.41) is 8.93. The van der Waals surface area contributed by atoms with Crippen LogP contribution in [-0.2, 0) is 4.79 Å². The van der Waals surface area contributed by atoms with Crippen LogP contribution >= 0.6 is 0 Å². The van der Waals surface area contributed by atoms with Gasteiger partial charge in [0, 0.05) is 0 Å². The summed E-state index contributed by atoms with van der Waals surface area (Å²) in [6.45, 7) is 2.22. The zero-order valence-corrected chi connectivity index (χ0v) is 9.17. The third kappa shape index (κ3) is 3.69. The molecular formula is C12H22O2. The fraction of sp³-hybridized carbons (Fsp3) is 0.917. The van der Waals surface area contributed by atoms with Gasteiger partial charge in [-0.1, -0.05) is 39.0 Å². The molecule has 0 bridgehead atoms. The van der Waals surface area contributed by atoms with E-state index in [4.69, 9.17) is 5.11 Å². The molecule has 1 N–H and O–H groups in total. The summed E-state index contributed by atoms with van der Waals surface area (Å²) < 4.78 is 0. The lowest BCUT2D eigenvalue weighted by Crippen LogP contribution is -2.12. The van der Waals surface area contributed by atoms with Gasteiger partial charge in [0.25, 0.3) is 0 Å². The Hall–Kier alpha value is -0.530. The molecule has 0 amide bonds. The fourth-order valence-corrected chi connectivity index (χ4v) is 2.41. The van der Waals surface area contributed by atoms with Crippen molar-refractivity contribution in [1.29, 1.82) is 0 Å². The van der Waals surface area contributed by atoms with Crippen molar-refractivity contribution >= 4 is 5.97 Å². The van der Waals surface area contributed by atoms with Crippen LogP contribution in [0.5, 0.6) is 0 Å². The fourth-order valence-electron chi connectivity index (χ4n) is 2.41. The molecule has 1 aliphatic rings. The van der Waals surface area contributed by atoms with Crippen LogP contribution in [-0.4, -0.2) is 11.1 Å². The summed E-state index contributed by atoms with van der Waals surface area (Å²) in [7, 11) is 0. The number of rotatable bonds is 4. The Labute approximate surface area is 86.7 Å². The van der Waals surface area contributed by atoms with E-state index in [0.717, 1.165) is 31.6 Å². The summed E-state index contributed by atoms with van der Waals surface area (Å²) in [6, 6.07) is 0. The number of hydrogen-bond acceptors (Lipinski definition) is 1. The van der Waals surface area contributed by atoms with Crippen LogP contribution in [0, 0.1) is 11.8 Å². The van der Waals surface area contributed by atoms with Gasteiger partial charge in [-0.05, 0) is 25.2 Å². The highest BCUT2D eigenvalue weighted by atomic mass is 16.4. The molecule has 0 radical (unpaired) electrons. The molecule has 0 aliphatic heterocycles. The molecule has 0 saturated heterocycles. The van der Waals surface area contributed by atoms with Crippen molar-refractivity contribution in [3.63, 3.8) is 0 Å². The molecule has 0 aromatic rings. The summed E-state index contributed by atoms with van der Waals surface area (Å²) in [6.07, 6.45) is 9.19. The van der Waals surface area contributed by atoms with Crippen molar-refractivity contribution in [1.82, 2.24) is 0 Å². The molecule has 1 rings (SSSR count). The van der Waals surface area contributed by atoms with Crippen LogP contribution in [0.1, 0.15) is 58.3 Å². The largest absolute Gasteiger partial charge is 0.481 e. The summed E-state index contributed by atoms with van der Waals surface area (Å²) in [5.74, 6) is 0.169. The van der Waals surface area contributed by atoms with E-state index in [2.05, 4.69) is 6.92 Å². The molecule has 2 heteroatoms. The lowest BCUT2D eigenvalue weighted by atomic mass is 9.93. The topological polar surface area (TPSA) is 37.3 Å². The van der Waals surface area contributed by atoms with Crippen molar-refractivity contribution in [2.75, 3.05) is 0 Å². The first-order valence-corrected chi connectivity index (χ1v) is 5.96. The van der Waals surface area contributed by atoms with Gasteiger partial charge in [0.15, 0.2) is 0 Å². The molecule has 0 aromatic heterocycles. The van der Waals surface area contributed by atoms with Gasteiger partial charge in [0.05, 0.1) is 5.92 Å². The van der Waals surface area contributed by atoms with Gasteiger partial charge in [-0.15, -0.1) is 0 Å². The first-order chi connectivity index (χ1) is 6.74. The smallest absolute Gasteiger partial charge is 0.306 e. The Morgan fingerprint density at radius 3 is 2.71 bits per heavy atom. The highest BCUT2D eigenvalue weighted by Crippen LogP contribution is 2.30. The second kappa shape index (κ2) is 6.05. The maximum Gasteiger partial charge on any atom is 0.306 e. The third-order valence-electron chi connectivity index (χ3n) is 3.40. The van der Waals surface area contributed by atoms with Gasteiger partial charge >= 0.3 is 5.97 Å². The number of carboxylic acids is 1. The molecule has 0 spiro atoms. The Morgan fingerprint density at radius 1 is 1.29 bits per heavy atom.